The van der Waals surface area contributed by atoms with Crippen molar-refractivity contribution in [1.82, 2.24) is 0 Å². The molecule has 2 nitrogen and oxygen atoms in total. The second-order valence-electron chi connectivity index (χ2n) is 4.53. The van der Waals surface area contributed by atoms with Gasteiger partial charge in [0.1, 0.15) is 0 Å². The van der Waals surface area contributed by atoms with Gasteiger partial charge in [-0.05, 0) is 38.5 Å². The molecule has 4 heteroatoms. The van der Waals surface area contributed by atoms with Gasteiger partial charge in [0.15, 0.2) is 5.60 Å². The second-order valence-corrected chi connectivity index (χ2v) is 5.37. The molecule has 0 aliphatic heterocycles. The van der Waals surface area contributed by atoms with Gasteiger partial charge in [-0.25, -0.2) is 0 Å². The molecule has 106 valence electrons. The molecular formula is C15H20Cl2O2. The molecule has 0 bridgehead atoms. The Morgan fingerprint density at radius 2 is 2.11 bits per heavy atom. The Kier molecular flexibility index (Phi) is 6.18. The summed E-state index contributed by atoms with van der Waals surface area (Å²) in [7, 11) is 0. The van der Waals surface area contributed by atoms with Gasteiger partial charge in [0.05, 0.1) is 12.4 Å². The maximum Gasteiger partial charge on any atom is 0.158 e. The highest BCUT2D eigenvalue weighted by molar-refractivity contribution is 6.35. The van der Waals surface area contributed by atoms with Crippen molar-refractivity contribution < 1.29 is 9.84 Å². The molecule has 0 aliphatic rings. The van der Waals surface area contributed by atoms with Crippen LogP contribution < -0.4 is 0 Å². The van der Waals surface area contributed by atoms with Crippen molar-refractivity contribution in [1.29, 1.82) is 0 Å². The number of rotatable bonds is 6. The average Bonchev–Trinajstić information content (AvgIpc) is 2.38. The second kappa shape index (κ2) is 7.18. The predicted molar refractivity (Wildman–Crippen MR) is 80.6 cm³/mol. The van der Waals surface area contributed by atoms with Crippen LogP contribution in [0, 0.1) is 0 Å². The molecule has 0 radical (unpaired) electrons. The monoisotopic (exact) mass is 302 g/mol. The first-order chi connectivity index (χ1) is 8.99. The van der Waals surface area contributed by atoms with Crippen LogP contribution in [0.3, 0.4) is 0 Å². The lowest BCUT2D eigenvalue weighted by molar-refractivity contribution is -0.0537. The van der Waals surface area contributed by atoms with Crippen LogP contribution in [0.15, 0.2) is 30.0 Å². The van der Waals surface area contributed by atoms with Crippen LogP contribution in [0.4, 0.5) is 0 Å². The van der Waals surface area contributed by atoms with Crippen molar-refractivity contribution in [3.8, 4) is 0 Å². The van der Waals surface area contributed by atoms with E-state index in [9.17, 15) is 5.11 Å². The molecule has 1 unspecified atom stereocenters. The predicted octanol–water partition coefficient (Wildman–Crippen LogP) is 4.92. The molecule has 1 N–H and O–H groups in total. The zero-order chi connectivity index (χ0) is 14.5. The van der Waals surface area contributed by atoms with Crippen molar-refractivity contribution in [2.24, 2.45) is 0 Å². The number of halogens is 2. The minimum absolute atomic E-state index is 0.132. The van der Waals surface area contributed by atoms with E-state index in [0.29, 0.717) is 16.5 Å². The minimum Gasteiger partial charge on any atom is -0.485 e. The normalized spacial score (nSPS) is 15.2. The van der Waals surface area contributed by atoms with E-state index in [1.54, 1.807) is 12.1 Å². The van der Waals surface area contributed by atoms with Crippen LogP contribution in [-0.4, -0.2) is 11.7 Å². The number of benzene rings is 1. The summed E-state index contributed by atoms with van der Waals surface area (Å²) >= 11 is 12.2. The van der Waals surface area contributed by atoms with E-state index in [1.165, 1.54) is 0 Å². The van der Waals surface area contributed by atoms with E-state index < -0.39 is 5.60 Å². The van der Waals surface area contributed by atoms with E-state index >= 15 is 0 Å². The molecule has 0 aromatic heterocycles. The summed E-state index contributed by atoms with van der Waals surface area (Å²) in [4.78, 5) is 0. The zero-order valence-corrected chi connectivity index (χ0v) is 13.1. The summed E-state index contributed by atoms with van der Waals surface area (Å²) in [6.45, 7) is 5.67. The Bertz CT molecular complexity index is 457. The number of aliphatic hydroxyl groups excluding tert-OH is 1. The molecule has 1 aromatic carbocycles. The molecule has 0 saturated heterocycles. The largest absolute Gasteiger partial charge is 0.485 e. The highest BCUT2D eigenvalue weighted by Gasteiger charge is 2.35. The third-order valence-electron chi connectivity index (χ3n) is 3.09. The molecule has 0 spiro atoms. The quantitative estimate of drug-likeness (QED) is 0.756. The first-order valence-corrected chi connectivity index (χ1v) is 7.13. The van der Waals surface area contributed by atoms with Gasteiger partial charge >= 0.3 is 0 Å². The Morgan fingerprint density at radius 3 is 2.58 bits per heavy atom. The van der Waals surface area contributed by atoms with Gasteiger partial charge < -0.3 is 9.84 Å². The smallest absolute Gasteiger partial charge is 0.158 e. The SMILES string of the molecule is CC=C(C)OC(CO)(CCC)c1ccc(Cl)cc1Cl. The molecular weight excluding hydrogens is 283 g/mol. The fourth-order valence-corrected chi connectivity index (χ4v) is 2.65. The van der Waals surface area contributed by atoms with Crippen LogP contribution in [0.5, 0.6) is 0 Å². The fraction of sp³-hybridized carbons (Fsp3) is 0.467. The van der Waals surface area contributed by atoms with Crippen molar-refractivity contribution in [2.45, 2.75) is 39.2 Å². The number of allylic oxidation sites excluding steroid dienone is 2. The lowest BCUT2D eigenvalue weighted by Crippen LogP contribution is -2.33. The Morgan fingerprint density at radius 1 is 1.42 bits per heavy atom. The highest BCUT2D eigenvalue weighted by Crippen LogP contribution is 2.38. The topological polar surface area (TPSA) is 29.5 Å². The molecule has 1 atom stereocenters. The van der Waals surface area contributed by atoms with Crippen molar-refractivity contribution in [3.05, 3.63) is 45.6 Å². The molecule has 0 aliphatic carbocycles. The van der Waals surface area contributed by atoms with Crippen LogP contribution in [0.2, 0.25) is 10.0 Å². The van der Waals surface area contributed by atoms with Crippen molar-refractivity contribution in [2.75, 3.05) is 6.61 Å². The summed E-state index contributed by atoms with van der Waals surface area (Å²) in [6.07, 6.45) is 3.41. The lowest BCUT2D eigenvalue weighted by atomic mass is 9.89. The molecule has 0 amide bonds. The van der Waals surface area contributed by atoms with Crippen LogP contribution in [0.25, 0.3) is 0 Å². The maximum atomic E-state index is 9.86. The first-order valence-electron chi connectivity index (χ1n) is 6.37. The summed E-state index contributed by atoms with van der Waals surface area (Å²) < 4.78 is 5.97. The van der Waals surface area contributed by atoms with Crippen molar-refractivity contribution >= 4 is 23.2 Å². The highest BCUT2D eigenvalue weighted by atomic mass is 35.5. The Hall–Kier alpha value is -0.700. The van der Waals surface area contributed by atoms with Crippen molar-refractivity contribution in [3.63, 3.8) is 0 Å². The zero-order valence-electron chi connectivity index (χ0n) is 11.5. The number of aliphatic hydroxyl groups is 1. The summed E-state index contributed by atoms with van der Waals surface area (Å²) in [5.41, 5.74) is -0.0448. The molecule has 0 heterocycles. The van der Waals surface area contributed by atoms with E-state index in [4.69, 9.17) is 27.9 Å². The summed E-state index contributed by atoms with van der Waals surface area (Å²) in [5.74, 6) is 0.758. The molecule has 1 aromatic rings. The van der Waals surface area contributed by atoms with Gasteiger partial charge in [0, 0.05) is 15.6 Å². The third-order valence-corrected chi connectivity index (χ3v) is 3.64. The van der Waals surface area contributed by atoms with Gasteiger partial charge in [-0.15, -0.1) is 0 Å². The minimum atomic E-state index is -0.812. The number of hydrogen-bond acceptors (Lipinski definition) is 2. The van der Waals surface area contributed by atoms with E-state index in [2.05, 4.69) is 0 Å². The van der Waals surface area contributed by atoms with E-state index in [0.717, 1.165) is 17.7 Å². The molecule has 0 saturated carbocycles. The summed E-state index contributed by atoms with van der Waals surface area (Å²) in [5, 5.41) is 10.9. The standard InChI is InChI=1S/C15H20Cl2O2/c1-4-8-15(10-18,19-11(3)5-2)13-7-6-12(16)9-14(13)17/h5-7,9,18H,4,8,10H2,1-3H3. The van der Waals surface area contributed by atoms with Gasteiger partial charge in [-0.3, -0.25) is 0 Å². The van der Waals surface area contributed by atoms with E-state index in [-0.39, 0.29) is 6.61 Å². The van der Waals surface area contributed by atoms with Gasteiger partial charge in [-0.1, -0.05) is 42.6 Å². The van der Waals surface area contributed by atoms with Gasteiger partial charge in [-0.2, -0.15) is 0 Å². The molecule has 0 fully saturated rings. The number of hydrogen-bond donors (Lipinski definition) is 1. The molecule has 19 heavy (non-hydrogen) atoms. The van der Waals surface area contributed by atoms with Crippen LogP contribution in [-0.2, 0) is 10.3 Å². The van der Waals surface area contributed by atoms with Crippen LogP contribution in [0.1, 0.15) is 39.2 Å². The first kappa shape index (κ1) is 16.4. The molecule has 1 rings (SSSR count). The summed E-state index contributed by atoms with van der Waals surface area (Å²) in [6, 6.07) is 5.25. The Labute approximate surface area is 125 Å². The number of ether oxygens (including phenoxy) is 1. The van der Waals surface area contributed by atoms with E-state index in [1.807, 2.05) is 32.9 Å². The lowest BCUT2D eigenvalue weighted by Gasteiger charge is -2.34. The maximum absolute atomic E-state index is 9.86. The fourth-order valence-electron chi connectivity index (χ4n) is 2.07. The van der Waals surface area contributed by atoms with Crippen LogP contribution >= 0.6 is 23.2 Å². The van der Waals surface area contributed by atoms with Gasteiger partial charge in [0.2, 0.25) is 0 Å². The van der Waals surface area contributed by atoms with Gasteiger partial charge in [0.25, 0.3) is 0 Å². The third kappa shape index (κ3) is 3.88. The average molecular weight is 303 g/mol. The Balaban J connectivity index is 3.28.